The molecule has 2 aromatic rings. The minimum Gasteiger partial charge on any atom is -0.444 e. The number of rotatable bonds is 5. The van der Waals surface area contributed by atoms with Crippen LogP contribution in [0.2, 0.25) is 5.02 Å². The van der Waals surface area contributed by atoms with Crippen molar-refractivity contribution >= 4 is 27.3 Å². The Bertz CT molecular complexity index is 920. The Labute approximate surface area is 157 Å². The van der Waals surface area contributed by atoms with E-state index in [1.807, 2.05) is 11.0 Å². The molecule has 0 spiro atoms. The first-order valence-electron chi connectivity index (χ1n) is 8.08. The van der Waals surface area contributed by atoms with Gasteiger partial charge in [0.2, 0.25) is 15.9 Å². The summed E-state index contributed by atoms with van der Waals surface area (Å²) in [4.78, 5) is 6.05. The Morgan fingerprint density at radius 2 is 2.19 bits per heavy atom. The highest BCUT2D eigenvalue weighted by atomic mass is 35.5. The molecule has 0 amide bonds. The van der Waals surface area contributed by atoms with Gasteiger partial charge in [0, 0.05) is 18.8 Å². The number of benzene rings is 1. The topological polar surface area (TPSA) is 95.7 Å². The molecule has 0 saturated heterocycles. The van der Waals surface area contributed by atoms with E-state index in [1.165, 1.54) is 6.07 Å². The highest BCUT2D eigenvalue weighted by Crippen LogP contribution is 2.28. The van der Waals surface area contributed by atoms with Crippen molar-refractivity contribution in [2.45, 2.75) is 31.4 Å². The molecule has 1 aromatic heterocycles. The highest BCUT2D eigenvalue weighted by Gasteiger charge is 2.21. The number of halogens is 1. The average Bonchev–Trinajstić information content (AvgIpc) is 2.91. The van der Waals surface area contributed by atoms with Crippen LogP contribution in [0.1, 0.15) is 17.3 Å². The summed E-state index contributed by atoms with van der Waals surface area (Å²) in [6.07, 6.45) is 3.03. The third-order valence-electron chi connectivity index (χ3n) is 4.15. The molecule has 3 rings (SSSR count). The quantitative estimate of drug-likeness (QED) is 0.750. The van der Waals surface area contributed by atoms with Crippen molar-refractivity contribution in [2.75, 3.05) is 18.0 Å². The van der Waals surface area contributed by atoms with Crippen molar-refractivity contribution in [1.82, 2.24) is 9.71 Å². The molecule has 1 unspecified atom stereocenters. The van der Waals surface area contributed by atoms with Crippen molar-refractivity contribution in [3.8, 4) is 0 Å². The number of β-amino-alcohol motifs (C(OH)–C–C–N with tert-alkyl or cyclic N) is 1. The first-order chi connectivity index (χ1) is 12.3. The normalized spacial score (nSPS) is 17.7. The maximum atomic E-state index is 12.5. The van der Waals surface area contributed by atoms with Gasteiger partial charge in [0.1, 0.15) is 10.7 Å². The number of aliphatic hydroxyl groups excluding tert-OH is 1. The number of aryl methyl sites for hydroxylation is 2. The van der Waals surface area contributed by atoms with E-state index in [1.54, 1.807) is 32.1 Å². The second kappa shape index (κ2) is 7.40. The first-order valence-corrected chi connectivity index (χ1v) is 9.94. The van der Waals surface area contributed by atoms with Crippen LogP contribution in [0.25, 0.3) is 0 Å². The van der Waals surface area contributed by atoms with Crippen molar-refractivity contribution in [3.05, 3.63) is 52.7 Å². The zero-order chi connectivity index (χ0) is 18.9. The number of oxazole rings is 1. The maximum Gasteiger partial charge on any atom is 0.242 e. The molecule has 0 aliphatic carbocycles. The molecule has 2 heterocycles. The number of nitrogens with one attached hydrogen (secondary N) is 1. The molecule has 140 valence electrons. The van der Waals surface area contributed by atoms with Gasteiger partial charge >= 0.3 is 0 Å². The molecule has 0 saturated carbocycles. The van der Waals surface area contributed by atoms with Crippen LogP contribution in [-0.2, 0) is 16.6 Å². The van der Waals surface area contributed by atoms with Crippen LogP contribution in [0.3, 0.4) is 0 Å². The molecule has 0 radical (unpaired) electrons. The summed E-state index contributed by atoms with van der Waals surface area (Å²) in [6, 6.07) is 4.71. The average molecular weight is 398 g/mol. The van der Waals surface area contributed by atoms with Crippen molar-refractivity contribution in [2.24, 2.45) is 0 Å². The highest BCUT2D eigenvalue weighted by molar-refractivity contribution is 7.89. The van der Waals surface area contributed by atoms with Gasteiger partial charge in [0.25, 0.3) is 0 Å². The van der Waals surface area contributed by atoms with Gasteiger partial charge in [-0.2, -0.15) is 0 Å². The third kappa shape index (κ3) is 4.09. The van der Waals surface area contributed by atoms with Gasteiger partial charge in [0.05, 0.1) is 23.4 Å². The monoisotopic (exact) mass is 397 g/mol. The summed E-state index contributed by atoms with van der Waals surface area (Å²) in [5.41, 5.74) is 1.47. The number of nitrogens with zero attached hydrogens (tertiary/aromatic N) is 2. The Balaban J connectivity index is 1.76. The van der Waals surface area contributed by atoms with Crippen molar-refractivity contribution in [3.63, 3.8) is 0 Å². The molecular formula is C17H20ClN3O4S. The van der Waals surface area contributed by atoms with E-state index in [0.717, 1.165) is 11.4 Å². The Hall–Kier alpha value is -1.87. The second-order valence-electron chi connectivity index (χ2n) is 6.09. The van der Waals surface area contributed by atoms with E-state index in [0.29, 0.717) is 24.7 Å². The minimum absolute atomic E-state index is 0.0176. The van der Waals surface area contributed by atoms with Gasteiger partial charge in [-0.3, -0.25) is 0 Å². The van der Waals surface area contributed by atoms with Crippen LogP contribution in [0, 0.1) is 13.8 Å². The molecule has 1 aliphatic rings. The van der Waals surface area contributed by atoms with Crippen LogP contribution in [0.5, 0.6) is 0 Å². The Morgan fingerprint density at radius 3 is 2.81 bits per heavy atom. The van der Waals surface area contributed by atoms with Crippen LogP contribution >= 0.6 is 11.6 Å². The van der Waals surface area contributed by atoms with Crippen LogP contribution < -0.4 is 9.62 Å². The maximum absolute atomic E-state index is 12.5. The Morgan fingerprint density at radius 1 is 1.42 bits per heavy atom. The number of hydrogen-bond acceptors (Lipinski definition) is 6. The number of anilines is 1. The molecule has 7 nitrogen and oxygen atoms in total. The zero-order valence-electron chi connectivity index (χ0n) is 14.4. The summed E-state index contributed by atoms with van der Waals surface area (Å²) in [5, 5.41) is 9.82. The molecule has 1 aliphatic heterocycles. The number of sulfonamides is 1. The van der Waals surface area contributed by atoms with E-state index in [9.17, 15) is 13.5 Å². The van der Waals surface area contributed by atoms with E-state index in [4.69, 9.17) is 16.0 Å². The lowest BCUT2D eigenvalue weighted by Gasteiger charge is -2.28. The van der Waals surface area contributed by atoms with Gasteiger partial charge in [-0.1, -0.05) is 23.8 Å². The SMILES string of the molecule is Cc1nc(CNS(=O)(=O)c2ccc(N3CC=CC(O)C3)cc2Cl)oc1C. The van der Waals surface area contributed by atoms with E-state index < -0.39 is 16.1 Å². The number of hydrogen-bond donors (Lipinski definition) is 2. The van der Waals surface area contributed by atoms with E-state index in [2.05, 4.69) is 9.71 Å². The van der Waals surface area contributed by atoms with Crippen LogP contribution in [0.4, 0.5) is 5.69 Å². The van der Waals surface area contributed by atoms with Gasteiger partial charge in [-0.25, -0.2) is 18.1 Å². The van der Waals surface area contributed by atoms with Gasteiger partial charge < -0.3 is 14.4 Å². The molecule has 0 bridgehead atoms. The summed E-state index contributed by atoms with van der Waals surface area (Å²) >= 11 is 6.22. The largest absolute Gasteiger partial charge is 0.444 e. The third-order valence-corrected chi connectivity index (χ3v) is 6.03. The first kappa shape index (κ1) is 18.9. The summed E-state index contributed by atoms with van der Waals surface area (Å²) in [7, 11) is -3.81. The molecule has 26 heavy (non-hydrogen) atoms. The van der Waals surface area contributed by atoms with E-state index in [-0.39, 0.29) is 16.5 Å². The molecule has 0 fully saturated rings. The fraction of sp³-hybridized carbons (Fsp3) is 0.353. The van der Waals surface area contributed by atoms with Crippen molar-refractivity contribution in [1.29, 1.82) is 0 Å². The lowest BCUT2D eigenvalue weighted by atomic mass is 10.2. The van der Waals surface area contributed by atoms with Gasteiger partial charge in [-0.05, 0) is 32.0 Å². The van der Waals surface area contributed by atoms with Gasteiger partial charge in [0.15, 0.2) is 0 Å². The Kier molecular flexibility index (Phi) is 5.38. The summed E-state index contributed by atoms with van der Waals surface area (Å²) in [5.74, 6) is 0.949. The predicted molar refractivity (Wildman–Crippen MR) is 98.8 cm³/mol. The molecule has 1 atom stereocenters. The van der Waals surface area contributed by atoms with Gasteiger partial charge in [-0.15, -0.1) is 0 Å². The fourth-order valence-corrected chi connectivity index (χ4v) is 4.18. The molecule has 1 aromatic carbocycles. The standard InChI is InChI=1S/C17H20ClN3O4S/c1-11-12(2)25-17(20-11)9-19-26(23,24)16-6-5-13(8-15(16)18)21-7-3-4-14(22)10-21/h3-6,8,14,19,22H,7,9-10H2,1-2H3. The summed E-state index contributed by atoms with van der Waals surface area (Å²) < 4.78 is 32.9. The molecular weight excluding hydrogens is 378 g/mol. The smallest absolute Gasteiger partial charge is 0.242 e. The number of aromatic nitrogens is 1. The number of aliphatic hydroxyl groups is 1. The predicted octanol–water partition coefficient (Wildman–Crippen LogP) is 2.16. The summed E-state index contributed by atoms with van der Waals surface area (Å²) in [6.45, 7) is 4.56. The van der Waals surface area contributed by atoms with Crippen molar-refractivity contribution < 1.29 is 17.9 Å². The molecule has 2 N–H and O–H groups in total. The molecule has 9 heteroatoms. The van der Waals surface area contributed by atoms with Crippen LogP contribution in [0.15, 0.2) is 39.7 Å². The van der Waals surface area contributed by atoms with E-state index >= 15 is 0 Å². The zero-order valence-corrected chi connectivity index (χ0v) is 16.0. The van der Waals surface area contributed by atoms with Crippen LogP contribution in [-0.4, -0.2) is 37.7 Å². The lowest BCUT2D eigenvalue weighted by molar-refractivity contribution is 0.224. The fourth-order valence-electron chi connectivity index (χ4n) is 2.67. The second-order valence-corrected chi connectivity index (χ2v) is 8.23. The minimum atomic E-state index is -3.81. The lowest BCUT2D eigenvalue weighted by Crippen LogP contribution is -2.35.